The van der Waals surface area contributed by atoms with Gasteiger partial charge in [-0.2, -0.15) is 0 Å². The quantitative estimate of drug-likeness (QED) is 0.694. The Morgan fingerprint density at radius 1 is 1.44 bits per heavy atom. The van der Waals surface area contributed by atoms with Crippen LogP contribution in [-0.4, -0.2) is 37.2 Å². The van der Waals surface area contributed by atoms with Crippen LogP contribution in [0, 0.1) is 11.3 Å². The van der Waals surface area contributed by atoms with Gasteiger partial charge in [0.25, 0.3) is 0 Å². The van der Waals surface area contributed by atoms with Gasteiger partial charge in [-0.15, -0.1) is 0 Å². The van der Waals surface area contributed by atoms with Crippen molar-refractivity contribution in [1.29, 1.82) is 0 Å². The third-order valence-electron chi connectivity index (χ3n) is 3.24. The third-order valence-corrected chi connectivity index (χ3v) is 3.24. The molecule has 1 aliphatic rings. The normalized spacial score (nSPS) is 21.1. The predicted octanol–water partition coefficient (Wildman–Crippen LogP) is 0.640. The number of carboxylic acids is 1. The van der Waals surface area contributed by atoms with E-state index < -0.39 is 17.3 Å². The number of hydrogen-bond acceptors (Lipinski definition) is 3. The first-order chi connectivity index (χ1) is 7.50. The molecule has 1 rings (SSSR count). The molecule has 0 saturated carbocycles. The molecule has 16 heavy (non-hydrogen) atoms. The molecule has 0 aliphatic carbocycles. The van der Waals surface area contributed by atoms with Crippen LogP contribution >= 0.6 is 0 Å². The Labute approximate surface area is 95.2 Å². The molecule has 1 fully saturated rings. The minimum absolute atomic E-state index is 0.257. The zero-order valence-electron chi connectivity index (χ0n) is 9.78. The summed E-state index contributed by atoms with van der Waals surface area (Å²) in [6.45, 7) is 2.81. The molecule has 92 valence electrons. The zero-order chi connectivity index (χ0) is 12.2. The lowest BCUT2D eigenvalue weighted by molar-refractivity contribution is -0.156. The Bertz CT molecular complexity index is 273. The van der Waals surface area contributed by atoms with Crippen molar-refractivity contribution >= 4 is 11.9 Å². The van der Waals surface area contributed by atoms with E-state index in [1.165, 1.54) is 14.0 Å². The van der Waals surface area contributed by atoms with Gasteiger partial charge in [0.15, 0.2) is 0 Å². The van der Waals surface area contributed by atoms with E-state index in [0.717, 1.165) is 12.8 Å². The van der Waals surface area contributed by atoms with Gasteiger partial charge in [-0.25, -0.2) is 0 Å². The average Bonchev–Trinajstić information content (AvgIpc) is 2.28. The maximum Gasteiger partial charge on any atom is 0.318 e. The Balaban J connectivity index is 2.70. The van der Waals surface area contributed by atoms with Crippen LogP contribution in [0.4, 0.5) is 0 Å². The standard InChI is InChI=1S/C11H19NO4/c1-11(10(14)15,9(13)12-2)7-8-3-5-16-6-4-8/h8H,3-7H2,1-2H3,(H,12,13)(H,14,15). The fourth-order valence-corrected chi connectivity index (χ4v) is 2.08. The van der Waals surface area contributed by atoms with Gasteiger partial charge in [-0.05, 0) is 32.1 Å². The number of amides is 1. The van der Waals surface area contributed by atoms with Crippen LogP contribution < -0.4 is 5.32 Å². The molecule has 0 radical (unpaired) electrons. The maximum absolute atomic E-state index is 11.6. The molecule has 1 amide bonds. The topological polar surface area (TPSA) is 75.6 Å². The molecule has 0 bridgehead atoms. The van der Waals surface area contributed by atoms with Crippen molar-refractivity contribution < 1.29 is 19.4 Å². The van der Waals surface area contributed by atoms with Gasteiger partial charge < -0.3 is 15.2 Å². The van der Waals surface area contributed by atoms with E-state index >= 15 is 0 Å². The number of carbonyl (C=O) groups excluding carboxylic acids is 1. The highest BCUT2D eigenvalue weighted by Gasteiger charge is 2.42. The van der Waals surface area contributed by atoms with E-state index in [9.17, 15) is 14.7 Å². The zero-order valence-corrected chi connectivity index (χ0v) is 9.78. The minimum Gasteiger partial charge on any atom is -0.480 e. The highest BCUT2D eigenvalue weighted by molar-refractivity contribution is 6.01. The highest BCUT2D eigenvalue weighted by Crippen LogP contribution is 2.31. The second kappa shape index (κ2) is 5.30. The molecule has 1 unspecified atom stereocenters. The largest absolute Gasteiger partial charge is 0.480 e. The fraction of sp³-hybridized carbons (Fsp3) is 0.818. The van der Waals surface area contributed by atoms with E-state index in [1.807, 2.05) is 0 Å². The number of ether oxygens (including phenoxy) is 1. The minimum atomic E-state index is -1.32. The van der Waals surface area contributed by atoms with Crippen molar-refractivity contribution in [3.63, 3.8) is 0 Å². The van der Waals surface area contributed by atoms with Crippen molar-refractivity contribution in [2.24, 2.45) is 11.3 Å². The first-order valence-corrected chi connectivity index (χ1v) is 5.54. The molecule has 0 aromatic heterocycles. The van der Waals surface area contributed by atoms with Crippen LogP contribution in [0.2, 0.25) is 0 Å². The third kappa shape index (κ3) is 2.72. The van der Waals surface area contributed by atoms with E-state index in [-0.39, 0.29) is 5.92 Å². The SMILES string of the molecule is CNC(=O)C(C)(CC1CCOCC1)C(=O)O. The summed E-state index contributed by atoms with van der Waals surface area (Å²) in [7, 11) is 1.47. The molecule has 0 aromatic rings. The smallest absolute Gasteiger partial charge is 0.318 e. The summed E-state index contributed by atoms with van der Waals surface area (Å²) < 4.78 is 5.21. The summed E-state index contributed by atoms with van der Waals surface area (Å²) in [4.78, 5) is 22.8. The first kappa shape index (κ1) is 13.0. The first-order valence-electron chi connectivity index (χ1n) is 5.54. The number of aliphatic carboxylic acids is 1. The number of nitrogens with one attached hydrogen (secondary N) is 1. The van der Waals surface area contributed by atoms with Crippen LogP contribution in [0.5, 0.6) is 0 Å². The van der Waals surface area contributed by atoms with Crippen LogP contribution in [0.25, 0.3) is 0 Å². The summed E-state index contributed by atoms with van der Waals surface area (Å²) in [5.41, 5.74) is -1.32. The van der Waals surface area contributed by atoms with Gasteiger partial charge in [-0.3, -0.25) is 9.59 Å². The van der Waals surface area contributed by atoms with Gasteiger partial charge in [0, 0.05) is 20.3 Å². The lowest BCUT2D eigenvalue weighted by atomic mass is 9.77. The average molecular weight is 229 g/mol. The molecule has 2 N–H and O–H groups in total. The van der Waals surface area contributed by atoms with Crippen molar-refractivity contribution in [3.8, 4) is 0 Å². The Morgan fingerprint density at radius 2 is 2.00 bits per heavy atom. The van der Waals surface area contributed by atoms with Crippen LogP contribution in [0.1, 0.15) is 26.2 Å². The Morgan fingerprint density at radius 3 is 2.44 bits per heavy atom. The number of rotatable bonds is 4. The van der Waals surface area contributed by atoms with E-state index in [4.69, 9.17) is 4.74 Å². The molecule has 1 heterocycles. The monoisotopic (exact) mass is 229 g/mol. The van der Waals surface area contributed by atoms with E-state index in [1.54, 1.807) is 0 Å². The lowest BCUT2D eigenvalue weighted by Gasteiger charge is -2.30. The molecule has 0 aromatic carbocycles. The van der Waals surface area contributed by atoms with Gasteiger partial charge >= 0.3 is 5.97 Å². The van der Waals surface area contributed by atoms with Crippen LogP contribution in [-0.2, 0) is 14.3 Å². The molecular weight excluding hydrogens is 210 g/mol. The van der Waals surface area contributed by atoms with Crippen molar-refractivity contribution in [3.05, 3.63) is 0 Å². The Kier molecular flexibility index (Phi) is 4.29. The molecule has 1 atom stereocenters. The van der Waals surface area contributed by atoms with Crippen LogP contribution in [0.3, 0.4) is 0 Å². The summed E-state index contributed by atoms with van der Waals surface area (Å²) in [5, 5.41) is 11.6. The number of carboxylic acid groups (broad SMARTS) is 1. The molecule has 1 aliphatic heterocycles. The van der Waals surface area contributed by atoms with Crippen molar-refractivity contribution in [2.45, 2.75) is 26.2 Å². The molecule has 0 spiro atoms. The van der Waals surface area contributed by atoms with Gasteiger partial charge in [0.2, 0.25) is 5.91 Å². The molecule has 1 saturated heterocycles. The van der Waals surface area contributed by atoms with Gasteiger partial charge in [-0.1, -0.05) is 0 Å². The second-order valence-corrected chi connectivity index (χ2v) is 4.48. The summed E-state index contributed by atoms with van der Waals surface area (Å²) in [5.74, 6) is -1.23. The van der Waals surface area contributed by atoms with Gasteiger partial charge in [0.05, 0.1) is 0 Å². The molecule has 5 nitrogen and oxygen atoms in total. The molecule has 5 heteroatoms. The summed E-state index contributed by atoms with van der Waals surface area (Å²) in [6.07, 6.45) is 2.05. The summed E-state index contributed by atoms with van der Waals surface area (Å²) in [6, 6.07) is 0. The van der Waals surface area contributed by atoms with Crippen molar-refractivity contribution in [2.75, 3.05) is 20.3 Å². The number of carbonyl (C=O) groups is 2. The van der Waals surface area contributed by atoms with Gasteiger partial charge in [0.1, 0.15) is 5.41 Å². The van der Waals surface area contributed by atoms with Crippen molar-refractivity contribution in [1.82, 2.24) is 5.32 Å². The summed E-state index contributed by atoms with van der Waals surface area (Å²) >= 11 is 0. The van der Waals surface area contributed by atoms with Crippen LogP contribution in [0.15, 0.2) is 0 Å². The lowest BCUT2D eigenvalue weighted by Crippen LogP contribution is -2.44. The fourth-order valence-electron chi connectivity index (χ4n) is 2.08. The highest BCUT2D eigenvalue weighted by atomic mass is 16.5. The maximum atomic E-state index is 11.6. The predicted molar refractivity (Wildman–Crippen MR) is 58.0 cm³/mol. The van der Waals surface area contributed by atoms with E-state index in [2.05, 4.69) is 5.32 Å². The Hall–Kier alpha value is -1.10. The second-order valence-electron chi connectivity index (χ2n) is 4.48. The van der Waals surface area contributed by atoms with E-state index in [0.29, 0.717) is 19.6 Å². The number of hydrogen-bond donors (Lipinski definition) is 2. The molecular formula is C11H19NO4.